The Kier molecular flexibility index (Phi) is 8.16. The molecule has 2 aromatic heterocycles. The average Bonchev–Trinajstić information content (AvgIpc) is 3.38. The van der Waals surface area contributed by atoms with E-state index >= 15 is 0 Å². The number of nitrogens with zero attached hydrogens (tertiary/aromatic N) is 5. The monoisotopic (exact) mass is 567 g/mol. The van der Waals surface area contributed by atoms with E-state index in [1.165, 1.54) is 24.1 Å². The highest BCUT2D eigenvalue weighted by atomic mass is 19.4. The minimum Gasteiger partial charge on any atom is -0.494 e. The fourth-order valence-corrected chi connectivity index (χ4v) is 5.88. The van der Waals surface area contributed by atoms with Crippen molar-refractivity contribution >= 4 is 5.78 Å². The van der Waals surface area contributed by atoms with E-state index in [1.807, 2.05) is 12.1 Å². The molecular formula is C30H32F3N5O3. The first-order chi connectivity index (χ1) is 19.6. The van der Waals surface area contributed by atoms with Gasteiger partial charge in [0, 0.05) is 31.7 Å². The fraction of sp³-hybridized carbons (Fsp3) is 0.467. The van der Waals surface area contributed by atoms with E-state index in [0.717, 1.165) is 69.8 Å². The van der Waals surface area contributed by atoms with Crippen LogP contribution in [0.1, 0.15) is 58.6 Å². The number of benzene rings is 1. The van der Waals surface area contributed by atoms with Crippen molar-refractivity contribution in [3.8, 4) is 17.5 Å². The third kappa shape index (κ3) is 5.85. The molecule has 2 fully saturated rings. The normalized spacial score (nSPS) is 21.8. The third-order valence-corrected chi connectivity index (χ3v) is 8.31. The Balaban J connectivity index is 1.27. The fourth-order valence-electron chi connectivity index (χ4n) is 5.88. The number of Topliss-reactive ketones (excluding diaryl/α,β-unsaturated/α-hetero) is 1. The Bertz CT molecular complexity index is 1430. The van der Waals surface area contributed by atoms with E-state index in [0.29, 0.717) is 28.6 Å². The molecule has 1 aromatic carbocycles. The highest BCUT2D eigenvalue weighted by molar-refractivity contribution is 5.98. The van der Waals surface area contributed by atoms with Crippen molar-refractivity contribution in [1.29, 1.82) is 5.26 Å². The number of rotatable bonds is 7. The van der Waals surface area contributed by atoms with E-state index in [-0.39, 0.29) is 18.0 Å². The lowest BCUT2D eigenvalue weighted by Crippen LogP contribution is -2.47. The first-order valence-electron chi connectivity index (χ1n) is 13.7. The van der Waals surface area contributed by atoms with Gasteiger partial charge in [0.15, 0.2) is 5.78 Å². The third-order valence-electron chi connectivity index (χ3n) is 8.31. The Labute approximate surface area is 236 Å². The predicted octanol–water partition coefficient (Wildman–Crippen LogP) is 5.06. The van der Waals surface area contributed by atoms with Gasteiger partial charge in [0.1, 0.15) is 11.4 Å². The summed E-state index contributed by atoms with van der Waals surface area (Å²) >= 11 is 0. The maximum Gasteiger partial charge on any atom is 0.416 e. The van der Waals surface area contributed by atoms with Crippen molar-refractivity contribution in [2.45, 2.75) is 56.7 Å². The number of aromatic nitrogens is 3. The maximum atomic E-state index is 13.2. The van der Waals surface area contributed by atoms with Crippen LogP contribution >= 0.6 is 0 Å². The van der Waals surface area contributed by atoms with Crippen LogP contribution in [-0.4, -0.2) is 64.9 Å². The number of hydrogen-bond donors (Lipinski definition) is 0. The summed E-state index contributed by atoms with van der Waals surface area (Å²) in [4.78, 5) is 20.3. The van der Waals surface area contributed by atoms with E-state index < -0.39 is 17.2 Å². The number of halogens is 3. The highest BCUT2D eigenvalue weighted by Gasteiger charge is 2.40. The standard InChI is InChI=1S/C30H32F3N5O3/c1-20-24(18-36-38(20)25-5-4-22(30(31,32)33)16-27(25)40-2)26(39)15-21-3-6-28(35-17-21)29(19-34)9-7-23(8-10-29)37-11-13-41-14-12-37/h3-6,16-18,23H,7-15H2,1-2H3. The lowest BCUT2D eigenvalue weighted by atomic mass is 9.71. The number of methoxy groups -OCH3 is 1. The zero-order valence-electron chi connectivity index (χ0n) is 23.1. The topological polar surface area (TPSA) is 93.3 Å². The summed E-state index contributed by atoms with van der Waals surface area (Å²) < 4.78 is 51.5. The molecule has 8 nitrogen and oxygen atoms in total. The Morgan fingerprint density at radius 1 is 1.17 bits per heavy atom. The second kappa shape index (κ2) is 11.6. The summed E-state index contributed by atoms with van der Waals surface area (Å²) in [5, 5.41) is 14.4. The van der Waals surface area contributed by atoms with Gasteiger partial charge in [-0.05, 0) is 62.4 Å². The quantitative estimate of drug-likeness (QED) is 0.368. The van der Waals surface area contributed by atoms with Crippen LogP contribution in [0, 0.1) is 18.3 Å². The van der Waals surface area contributed by atoms with Gasteiger partial charge in [-0.2, -0.15) is 23.5 Å². The first-order valence-corrected chi connectivity index (χ1v) is 13.7. The van der Waals surface area contributed by atoms with Crippen molar-refractivity contribution in [3.63, 3.8) is 0 Å². The number of hydrogen-bond acceptors (Lipinski definition) is 7. The van der Waals surface area contributed by atoms with E-state index in [1.54, 1.807) is 13.1 Å². The molecule has 5 rings (SSSR count). The van der Waals surface area contributed by atoms with Gasteiger partial charge in [-0.15, -0.1) is 0 Å². The summed E-state index contributed by atoms with van der Waals surface area (Å²) in [7, 11) is 1.28. The number of pyridine rings is 1. The number of carbonyl (C=O) groups is 1. The molecule has 3 heterocycles. The molecule has 1 aliphatic heterocycles. The molecular weight excluding hydrogens is 535 g/mol. The number of alkyl halides is 3. The number of ketones is 1. The molecule has 0 bridgehead atoms. The van der Waals surface area contributed by atoms with Crippen LogP contribution in [0.4, 0.5) is 13.2 Å². The number of ether oxygens (including phenoxy) is 2. The molecule has 0 spiro atoms. The number of morpholine rings is 1. The summed E-state index contributed by atoms with van der Waals surface area (Å²) in [6.45, 7) is 5.06. The predicted molar refractivity (Wildman–Crippen MR) is 144 cm³/mol. The zero-order chi connectivity index (χ0) is 29.2. The summed E-state index contributed by atoms with van der Waals surface area (Å²) in [6.07, 6.45) is 1.97. The van der Waals surface area contributed by atoms with Crippen LogP contribution in [-0.2, 0) is 22.7 Å². The van der Waals surface area contributed by atoms with Gasteiger partial charge in [0.05, 0.1) is 60.5 Å². The number of carbonyl (C=O) groups excluding carboxylic acids is 1. The molecule has 11 heteroatoms. The van der Waals surface area contributed by atoms with Crippen molar-refractivity contribution in [2.75, 3.05) is 33.4 Å². The first kappa shape index (κ1) is 28.8. The summed E-state index contributed by atoms with van der Waals surface area (Å²) in [5.74, 6) is -0.203. The Hall–Kier alpha value is -3.75. The van der Waals surface area contributed by atoms with Gasteiger partial charge in [-0.1, -0.05) is 6.07 Å². The number of nitriles is 1. The van der Waals surface area contributed by atoms with Crippen LogP contribution in [0.15, 0.2) is 42.7 Å². The Morgan fingerprint density at radius 3 is 2.51 bits per heavy atom. The minimum atomic E-state index is -4.51. The smallest absolute Gasteiger partial charge is 0.416 e. The van der Waals surface area contributed by atoms with Crippen LogP contribution < -0.4 is 4.74 Å². The highest BCUT2D eigenvalue weighted by Crippen LogP contribution is 2.40. The SMILES string of the molecule is COc1cc(C(F)(F)F)ccc1-n1ncc(C(=O)Cc2ccc(C3(C#N)CCC(N4CCOCC4)CC3)nc2)c1C. The van der Waals surface area contributed by atoms with E-state index in [2.05, 4.69) is 21.1 Å². The Morgan fingerprint density at radius 2 is 1.90 bits per heavy atom. The van der Waals surface area contributed by atoms with Gasteiger partial charge in [0.2, 0.25) is 0 Å². The van der Waals surface area contributed by atoms with Crippen molar-refractivity contribution in [1.82, 2.24) is 19.7 Å². The lowest BCUT2D eigenvalue weighted by Gasteiger charge is -2.41. The largest absolute Gasteiger partial charge is 0.494 e. The van der Waals surface area contributed by atoms with Gasteiger partial charge in [0.25, 0.3) is 0 Å². The molecule has 216 valence electrons. The summed E-state index contributed by atoms with van der Waals surface area (Å²) in [6, 6.07) is 9.83. The summed E-state index contributed by atoms with van der Waals surface area (Å²) in [5.41, 5.74) is 1.10. The molecule has 3 aromatic rings. The van der Waals surface area contributed by atoms with Crippen LogP contribution in [0.25, 0.3) is 5.69 Å². The van der Waals surface area contributed by atoms with Gasteiger partial charge >= 0.3 is 6.18 Å². The second-order valence-corrected chi connectivity index (χ2v) is 10.7. The van der Waals surface area contributed by atoms with Crippen molar-refractivity contribution in [2.24, 2.45) is 0 Å². The van der Waals surface area contributed by atoms with Gasteiger partial charge in [-0.3, -0.25) is 14.7 Å². The molecule has 0 N–H and O–H groups in total. The van der Waals surface area contributed by atoms with Crippen LogP contribution in [0.2, 0.25) is 0 Å². The van der Waals surface area contributed by atoms with Gasteiger partial charge < -0.3 is 9.47 Å². The molecule has 0 amide bonds. The molecule has 0 atom stereocenters. The van der Waals surface area contributed by atoms with Crippen molar-refractivity contribution in [3.05, 3.63) is 70.8 Å². The lowest BCUT2D eigenvalue weighted by molar-refractivity contribution is -0.137. The van der Waals surface area contributed by atoms with E-state index in [9.17, 15) is 23.2 Å². The molecule has 1 aliphatic carbocycles. The second-order valence-electron chi connectivity index (χ2n) is 10.7. The molecule has 1 saturated heterocycles. The van der Waals surface area contributed by atoms with E-state index in [4.69, 9.17) is 9.47 Å². The average molecular weight is 568 g/mol. The molecule has 2 aliphatic rings. The maximum absolute atomic E-state index is 13.2. The molecule has 0 radical (unpaired) electrons. The molecule has 1 saturated carbocycles. The van der Waals surface area contributed by atoms with Crippen LogP contribution in [0.3, 0.4) is 0 Å². The van der Waals surface area contributed by atoms with Crippen LogP contribution in [0.5, 0.6) is 5.75 Å². The van der Waals surface area contributed by atoms with Crippen molar-refractivity contribution < 1.29 is 27.4 Å². The molecule has 0 unspecified atom stereocenters. The zero-order valence-corrected chi connectivity index (χ0v) is 23.1. The molecule has 41 heavy (non-hydrogen) atoms. The minimum absolute atomic E-state index is 0.00443. The van der Waals surface area contributed by atoms with Gasteiger partial charge in [-0.25, -0.2) is 4.68 Å².